The highest BCUT2D eigenvalue weighted by Gasteiger charge is 2.30. The van der Waals surface area contributed by atoms with Crippen molar-refractivity contribution in [3.63, 3.8) is 0 Å². The van der Waals surface area contributed by atoms with E-state index in [9.17, 15) is 18.0 Å². The molecule has 0 unspecified atom stereocenters. The average Bonchev–Trinajstić information content (AvgIpc) is 2.78. The van der Waals surface area contributed by atoms with Gasteiger partial charge in [0.25, 0.3) is 0 Å². The van der Waals surface area contributed by atoms with E-state index in [4.69, 9.17) is 21.1 Å². The molecule has 0 aliphatic heterocycles. The lowest BCUT2D eigenvalue weighted by Gasteiger charge is -2.24. The lowest BCUT2D eigenvalue weighted by molar-refractivity contribution is -0.137. The number of anilines is 1. The fourth-order valence-corrected chi connectivity index (χ4v) is 3.62. The van der Waals surface area contributed by atoms with Crippen LogP contribution in [0.15, 0.2) is 66.7 Å². The molecule has 33 heavy (non-hydrogen) atoms. The number of hydrogen-bond donors (Lipinski definition) is 0. The molecule has 8 heteroatoms. The number of methoxy groups -OCH3 is 2. The maximum Gasteiger partial charge on any atom is 0.416 e. The molecule has 1 amide bonds. The van der Waals surface area contributed by atoms with E-state index in [0.29, 0.717) is 34.2 Å². The minimum absolute atomic E-state index is 0.113. The van der Waals surface area contributed by atoms with Crippen LogP contribution in [0, 0.1) is 0 Å². The van der Waals surface area contributed by atoms with Gasteiger partial charge in [-0.05, 0) is 53.9 Å². The van der Waals surface area contributed by atoms with Gasteiger partial charge < -0.3 is 14.4 Å². The van der Waals surface area contributed by atoms with E-state index in [0.717, 1.165) is 17.7 Å². The zero-order valence-corrected chi connectivity index (χ0v) is 18.9. The first kappa shape index (κ1) is 24.5. The summed E-state index contributed by atoms with van der Waals surface area (Å²) in [5.41, 5.74) is 1.32. The quantitative estimate of drug-likeness (QED) is 0.388. The van der Waals surface area contributed by atoms with Gasteiger partial charge in [0.2, 0.25) is 5.91 Å². The highest BCUT2D eigenvalue weighted by Crippen LogP contribution is 2.32. The Hall–Kier alpha value is -3.19. The summed E-state index contributed by atoms with van der Waals surface area (Å²) in [4.78, 5) is 14.8. The molecule has 0 fully saturated rings. The van der Waals surface area contributed by atoms with E-state index >= 15 is 0 Å². The lowest BCUT2D eigenvalue weighted by atomic mass is 10.1. The summed E-state index contributed by atoms with van der Waals surface area (Å²) in [7, 11) is 3.02. The molecule has 0 spiro atoms. The number of amides is 1. The number of alkyl halides is 3. The van der Waals surface area contributed by atoms with Crippen molar-refractivity contribution in [1.82, 2.24) is 0 Å². The van der Waals surface area contributed by atoms with Gasteiger partial charge in [0.05, 0.1) is 26.2 Å². The molecule has 0 saturated carbocycles. The summed E-state index contributed by atoms with van der Waals surface area (Å²) < 4.78 is 49.2. The first-order chi connectivity index (χ1) is 15.7. The standard InChI is InChI=1S/C25H23ClF3NO3/c1-32-22-11-10-21(16-23(22)33-2)30(24(31)15-18-4-3-5-20(26)14-18)13-12-17-6-8-19(9-7-17)25(27,28)29/h3-11,14,16H,12-13,15H2,1-2H3. The van der Waals surface area contributed by atoms with Gasteiger partial charge in [0, 0.05) is 23.3 Å². The third-order valence-electron chi connectivity index (χ3n) is 5.13. The van der Waals surface area contributed by atoms with Gasteiger partial charge in [0.1, 0.15) is 0 Å². The van der Waals surface area contributed by atoms with Crippen molar-refractivity contribution in [2.24, 2.45) is 0 Å². The number of halogens is 4. The second-order valence-corrected chi connectivity index (χ2v) is 7.77. The number of carbonyl (C=O) groups is 1. The molecule has 0 aromatic heterocycles. The smallest absolute Gasteiger partial charge is 0.416 e. The molecular formula is C25H23ClF3NO3. The number of benzene rings is 3. The van der Waals surface area contributed by atoms with Gasteiger partial charge in [-0.3, -0.25) is 4.79 Å². The zero-order chi connectivity index (χ0) is 24.0. The Morgan fingerprint density at radius 1 is 0.909 bits per heavy atom. The average molecular weight is 478 g/mol. The molecule has 4 nitrogen and oxygen atoms in total. The molecule has 0 atom stereocenters. The van der Waals surface area contributed by atoms with Crippen LogP contribution in [0.2, 0.25) is 5.02 Å². The Bertz CT molecular complexity index is 1100. The third kappa shape index (κ3) is 6.42. The van der Waals surface area contributed by atoms with Crippen molar-refractivity contribution in [2.45, 2.75) is 19.0 Å². The molecule has 3 aromatic rings. The Labute approximate surface area is 195 Å². The maximum absolute atomic E-state index is 13.2. The van der Waals surface area contributed by atoms with E-state index in [1.54, 1.807) is 41.3 Å². The van der Waals surface area contributed by atoms with Crippen molar-refractivity contribution in [3.05, 3.63) is 88.4 Å². The van der Waals surface area contributed by atoms with E-state index in [1.807, 2.05) is 6.07 Å². The minimum atomic E-state index is -4.39. The third-order valence-corrected chi connectivity index (χ3v) is 5.36. The highest BCUT2D eigenvalue weighted by atomic mass is 35.5. The molecule has 0 aliphatic rings. The number of hydrogen-bond acceptors (Lipinski definition) is 3. The lowest BCUT2D eigenvalue weighted by Crippen LogP contribution is -2.34. The summed E-state index contributed by atoms with van der Waals surface area (Å²) >= 11 is 6.05. The van der Waals surface area contributed by atoms with Crippen LogP contribution >= 0.6 is 11.6 Å². The summed E-state index contributed by atoms with van der Waals surface area (Å²) in [6.45, 7) is 0.264. The fourth-order valence-electron chi connectivity index (χ4n) is 3.41. The van der Waals surface area contributed by atoms with Gasteiger partial charge >= 0.3 is 6.18 Å². The number of ether oxygens (including phenoxy) is 2. The van der Waals surface area contributed by atoms with Crippen molar-refractivity contribution in [2.75, 3.05) is 25.7 Å². The van der Waals surface area contributed by atoms with Crippen LogP contribution in [0.4, 0.5) is 18.9 Å². The van der Waals surface area contributed by atoms with Gasteiger partial charge in [-0.2, -0.15) is 13.2 Å². The van der Waals surface area contributed by atoms with Crippen LogP contribution in [0.1, 0.15) is 16.7 Å². The van der Waals surface area contributed by atoms with Gasteiger partial charge in [-0.25, -0.2) is 0 Å². The summed E-state index contributed by atoms with van der Waals surface area (Å²) in [5, 5.41) is 0.530. The highest BCUT2D eigenvalue weighted by molar-refractivity contribution is 6.30. The number of rotatable bonds is 8. The first-order valence-electron chi connectivity index (χ1n) is 10.1. The van der Waals surface area contributed by atoms with Crippen molar-refractivity contribution in [3.8, 4) is 11.5 Å². The van der Waals surface area contributed by atoms with Gasteiger partial charge in [0.15, 0.2) is 11.5 Å². The number of carbonyl (C=O) groups excluding carboxylic acids is 1. The van der Waals surface area contributed by atoms with E-state index in [-0.39, 0.29) is 18.9 Å². The molecule has 174 valence electrons. The molecular weight excluding hydrogens is 455 g/mol. The number of nitrogens with zero attached hydrogens (tertiary/aromatic N) is 1. The molecule has 0 N–H and O–H groups in total. The summed E-state index contributed by atoms with van der Waals surface area (Å²) in [6, 6.07) is 17.1. The SMILES string of the molecule is COc1ccc(N(CCc2ccc(C(F)(F)F)cc2)C(=O)Cc2cccc(Cl)c2)cc1OC. The maximum atomic E-state index is 13.2. The largest absolute Gasteiger partial charge is 0.493 e. The van der Waals surface area contributed by atoms with Gasteiger partial charge in [-0.15, -0.1) is 0 Å². The van der Waals surface area contributed by atoms with Crippen LogP contribution in [-0.4, -0.2) is 26.7 Å². The monoisotopic (exact) mass is 477 g/mol. The van der Waals surface area contributed by atoms with Crippen LogP contribution in [0.3, 0.4) is 0 Å². The zero-order valence-electron chi connectivity index (χ0n) is 18.2. The molecule has 0 bridgehead atoms. The van der Waals surface area contributed by atoms with Crippen LogP contribution in [-0.2, 0) is 23.8 Å². The van der Waals surface area contributed by atoms with Crippen molar-refractivity contribution in [1.29, 1.82) is 0 Å². The summed E-state index contributed by atoms with van der Waals surface area (Å²) in [5.74, 6) is 0.799. The van der Waals surface area contributed by atoms with Crippen LogP contribution in [0.5, 0.6) is 11.5 Å². The second-order valence-electron chi connectivity index (χ2n) is 7.34. The van der Waals surface area contributed by atoms with E-state index in [1.165, 1.54) is 26.4 Å². The van der Waals surface area contributed by atoms with Crippen molar-refractivity contribution < 1.29 is 27.4 Å². The Balaban J connectivity index is 1.85. The normalized spacial score (nSPS) is 11.2. The van der Waals surface area contributed by atoms with Crippen molar-refractivity contribution >= 4 is 23.2 Å². The topological polar surface area (TPSA) is 38.8 Å². The Morgan fingerprint density at radius 3 is 2.21 bits per heavy atom. The Kier molecular flexibility index (Phi) is 7.87. The summed E-state index contributed by atoms with van der Waals surface area (Å²) in [6.07, 6.45) is -3.91. The molecule has 0 aliphatic carbocycles. The fraction of sp³-hybridized carbons (Fsp3) is 0.240. The molecule has 0 heterocycles. The predicted molar refractivity (Wildman–Crippen MR) is 122 cm³/mol. The molecule has 0 saturated heterocycles. The second kappa shape index (κ2) is 10.6. The Morgan fingerprint density at radius 2 is 1.61 bits per heavy atom. The predicted octanol–water partition coefficient (Wildman–Crippen LogP) is 6.19. The molecule has 3 rings (SSSR count). The molecule has 0 radical (unpaired) electrons. The minimum Gasteiger partial charge on any atom is -0.493 e. The van der Waals surface area contributed by atoms with E-state index < -0.39 is 11.7 Å². The van der Waals surface area contributed by atoms with Crippen LogP contribution < -0.4 is 14.4 Å². The van der Waals surface area contributed by atoms with Crippen LogP contribution in [0.25, 0.3) is 0 Å². The van der Waals surface area contributed by atoms with Gasteiger partial charge in [-0.1, -0.05) is 35.9 Å². The molecule has 3 aromatic carbocycles. The van der Waals surface area contributed by atoms with E-state index in [2.05, 4.69) is 0 Å². The first-order valence-corrected chi connectivity index (χ1v) is 10.5.